The summed E-state index contributed by atoms with van der Waals surface area (Å²) < 4.78 is 0. The summed E-state index contributed by atoms with van der Waals surface area (Å²) in [4.78, 5) is 10.9. The lowest BCUT2D eigenvalue weighted by atomic mass is 10.2. The molecule has 2 heterocycles. The van der Waals surface area contributed by atoms with E-state index >= 15 is 0 Å². The maximum absolute atomic E-state index is 5.70. The van der Waals surface area contributed by atoms with Crippen LogP contribution in [0.1, 0.15) is 17.1 Å². The van der Waals surface area contributed by atoms with Gasteiger partial charge < -0.3 is 10.6 Å². The third-order valence-corrected chi connectivity index (χ3v) is 2.82. The molecule has 0 atom stereocenters. The monoisotopic (exact) mass is 242 g/mol. The van der Waals surface area contributed by atoms with Crippen LogP contribution in [0.15, 0.2) is 36.5 Å². The van der Waals surface area contributed by atoms with E-state index in [9.17, 15) is 0 Å². The van der Waals surface area contributed by atoms with Crippen molar-refractivity contribution in [3.63, 3.8) is 0 Å². The standard InChI is InChI=1S/C14H18N4/c1-11-5-3-6-12(17-11)10-18(2)14-7-4-8-16-13(14)9-15/h3-8H,9-10,15H2,1-2H3. The van der Waals surface area contributed by atoms with Gasteiger partial charge in [-0.1, -0.05) is 6.07 Å². The fraction of sp³-hybridized carbons (Fsp3) is 0.286. The van der Waals surface area contributed by atoms with Crippen molar-refractivity contribution in [2.45, 2.75) is 20.0 Å². The third-order valence-electron chi connectivity index (χ3n) is 2.82. The van der Waals surface area contributed by atoms with Gasteiger partial charge in [-0.05, 0) is 31.2 Å². The predicted octanol–water partition coefficient (Wildman–Crippen LogP) is 1.88. The van der Waals surface area contributed by atoms with Gasteiger partial charge in [0.1, 0.15) is 0 Å². The lowest BCUT2D eigenvalue weighted by Gasteiger charge is -2.21. The van der Waals surface area contributed by atoms with Crippen molar-refractivity contribution >= 4 is 5.69 Å². The maximum Gasteiger partial charge on any atom is 0.0772 e. The van der Waals surface area contributed by atoms with E-state index in [2.05, 4.69) is 14.9 Å². The summed E-state index contributed by atoms with van der Waals surface area (Å²) in [5.74, 6) is 0. The van der Waals surface area contributed by atoms with E-state index in [1.54, 1.807) is 6.20 Å². The van der Waals surface area contributed by atoms with Crippen LogP contribution < -0.4 is 10.6 Å². The van der Waals surface area contributed by atoms with E-state index in [0.29, 0.717) is 6.54 Å². The van der Waals surface area contributed by atoms with E-state index < -0.39 is 0 Å². The van der Waals surface area contributed by atoms with Gasteiger partial charge in [-0.25, -0.2) is 0 Å². The predicted molar refractivity (Wildman–Crippen MR) is 73.2 cm³/mol. The Hall–Kier alpha value is -1.94. The van der Waals surface area contributed by atoms with E-state index in [4.69, 9.17) is 5.73 Å². The lowest BCUT2D eigenvalue weighted by molar-refractivity contribution is 0.853. The average Bonchev–Trinajstić information content (AvgIpc) is 2.38. The molecule has 0 aliphatic heterocycles. The summed E-state index contributed by atoms with van der Waals surface area (Å²) in [6, 6.07) is 10.0. The van der Waals surface area contributed by atoms with Gasteiger partial charge in [-0.2, -0.15) is 0 Å². The fourth-order valence-electron chi connectivity index (χ4n) is 1.95. The zero-order valence-corrected chi connectivity index (χ0v) is 10.8. The molecule has 0 bridgehead atoms. The molecule has 2 aromatic rings. The Morgan fingerprint density at radius 3 is 2.78 bits per heavy atom. The molecule has 0 unspecified atom stereocenters. The first-order valence-corrected chi connectivity index (χ1v) is 5.98. The first kappa shape index (κ1) is 12.5. The molecule has 0 saturated heterocycles. The number of hydrogen-bond acceptors (Lipinski definition) is 4. The van der Waals surface area contributed by atoms with Gasteiger partial charge in [-0.15, -0.1) is 0 Å². The molecular formula is C14H18N4. The first-order chi connectivity index (χ1) is 8.70. The minimum atomic E-state index is 0.446. The minimum absolute atomic E-state index is 0.446. The number of nitrogens with zero attached hydrogens (tertiary/aromatic N) is 3. The number of pyridine rings is 2. The highest BCUT2D eigenvalue weighted by molar-refractivity contribution is 5.49. The summed E-state index contributed by atoms with van der Waals surface area (Å²) in [5.41, 5.74) is 9.75. The molecule has 0 fully saturated rings. The SMILES string of the molecule is Cc1cccc(CN(C)c2cccnc2CN)n1. The molecule has 94 valence electrons. The zero-order chi connectivity index (χ0) is 13.0. The van der Waals surface area contributed by atoms with Crippen LogP contribution in [0.3, 0.4) is 0 Å². The summed E-state index contributed by atoms with van der Waals surface area (Å²) >= 11 is 0. The molecule has 0 saturated carbocycles. The van der Waals surface area contributed by atoms with Crippen LogP contribution in [0.2, 0.25) is 0 Å². The van der Waals surface area contributed by atoms with Gasteiger partial charge in [-0.3, -0.25) is 9.97 Å². The Labute approximate surface area is 107 Å². The zero-order valence-electron chi connectivity index (χ0n) is 10.8. The largest absolute Gasteiger partial charge is 0.367 e. The second kappa shape index (κ2) is 5.60. The highest BCUT2D eigenvalue weighted by Crippen LogP contribution is 2.18. The smallest absolute Gasteiger partial charge is 0.0772 e. The molecule has 0 spiro atoms. The Balaban J connectivity index is 2.19. The second-order valence-electron chi connectivity index (χ2n) is 4.30. The van der Waals surface area contributed by atoms with E-state index in [0.717, 1.165) is 29.3 Å². The topological polar surface area (TPSA) is 55.0 Å². The van der Waals surface area contributed by atoms with Crippen LogP contribution in [0.4, 0.5) is 5.69 Å². The molecule has 2 aromatic heterocycles. The van der Waals surface area contributed by atoms with Crippen molar-refractivity contribution < 1.29 is 0 Å². The normalized spacial score (nSPS) is 10.4. The van der Waals surface area contributed by atoms with Gasteiger partial charge in [0.05, 0.1) is 23.6 Å². The number of aryl methyl sites for hydroxylation is 1. The Morgan fingerprint density at radius 1 is 1.22 bits per heavy atom. The van der Waals surface area contributed by atoms with Crippen LogP contribution >= 0.6 is 0 Å². The summed E-state index contributed by atoms with van der Waals surface area (Å²) in [5, 5.41) is 0. The van der Waals surface area contributed by atoms with Crippen LogP contribution in [0.5, 0.6) is 0 Å². The van der Waals surface area contributed by atoms with Crippen LogP contribution in [0, 0.1) is 6.92 Å². The van der Waals surface area contributed by atoms with Gasteiger partial charge in [0.2, 0.25) is 0 Å². The Kier molecular flexibility index (Phi) is 3.89. The van der Waals surface area contributed by atoms with Crippen molar-refractivity contribution in [1.82, 2.24) is 9.97 Å². The van der Waals surface area contributed by atoms with Gasteiger partial charge in [0, 0.05) is 25.5 Å². The quantitative estimate of drug-likeness (QED) is 0.889. The summed E-state index contributed by atoms with van der Waals surface area (Å²) in [7, 11) is 2.03. The number of rotatable bonds is 4. The van der Waals surface area contributed by atoms with Crippen LogP contribution in [-0.2, 0) is 13.1 Å². The van der Waals surface area contributed by atoms with E-state index in [-0.39, 0.29) is 0 Å². The average molecular weight is 242 g/mol. The molecule has 2 rings (SSSR count). The molecule has 0 aromatic carbocycles. The van der Waals surface area contributed by atoms with Gasteiger partial charge in [0.25, 0.3) is 0 Å². The van der Waals surface area contributed by atoms with E-state index in [1.807, 2.05) is 44.3 Å². The molecule has 0 aliphatic carbocycles. The Morgan fingerprint density at radius 2 is 2.06 bits per heavy atom. The van der Waals surface area contributed by atoms with Crippen molar-refractivity contribution in [1.29, 1.82) is 0 Å². The van der Waals surface area contributed by atoms with E-state index in [1.165, 1.54) is 0 Å². The van der Waals surface area contributed by atoms with Crippen molar-refractivity contribution in [3.05, 3.63) is 53.6 Å². The second-order valence-corrected chi connectivity index (χ2v) is 4.30. The number of anilines is 1. The fourth-order valence-corrected chi connectivity index (χ4v) is 1.95. The van der Waals surface area contributed by atoms with Gasteiger partial charge in [0.15, 0.2) is 0 Å². The molecule has 0 radical (unpaired) electrons. The van der Waals surface area contributed by atoms with Gasteiger partial charge >= 0.3 is 0 Å². The van der Waals surface area contributed by atoms with Crippen LogP contribution in [0.25, 0.3) is 0 Å². The number of aromatic nitrogens is 2. The van der Waals surface area contributed by atoms with Crippen molar-refractivity contribution in [2.24, 2.45) is 5.73 Å². The first-order valence-electron chi connectivity index (χ1n) is 5.98. The molecule has 2 N–H and O–H groups in total. The molecular weight excluding hydrogens is 224 g/mol. The highest BCUT2D eigenvalue weighted by atomic mass is 15.1. The summed E-state index contributed by atoms with van der Waals surface area (Å²) in [6.07, 6.45) is 1.77. The van der Waals surface area contributed by atoms with Crippen molar-refractivity contribution in [3.8, 4) is 0 Å². The highest BCUT2D eigenvalue weighted by Gasteiger charge is 2.08. The molecule has 18 heavy (non-hydrogen) atoms. The maximum atomic E-state index is 5.70. The number of hydrogen-bond donors (Lipinski definition) is 1. The Bertz CT molecular complexity index is 525. The lowest BCUT2D eigenvalue weighted by Crippen LogP contribution is -2.20. The minimum Gasteiger partial charge on any atom is -0.367 e. The third kappa shape index (κ3) is 2.84. The molecule has 0 aliphatic rings. The number of nitrogens with two attached hydrogens (primary N) is 1. The van der Waals surface area contributed by atoms with Crippen molar-refractivity contribution in [2.75, 3.05) is 11.9 Å². The molecule has 4 nitrogen and oxygen atoms in total. The molecule has 4 heteroatoms. The van der Waals surface area contributed by atoms with Crippen LogP contribution in [-0.4, -0.2) is 17.0 Å². The molecule has 0 amide bonds. The summed E-state index contributed by atoms with van der Waals surface area (Å²) in [6.45, 7) is 3.20.